The van der Waals surface area contributed by atoms with E-state index in [9.17, 15) is 0 Å². The summed E-state index contributed by atoms with van der Waals surface area (Å²) in [6.45, 7) is 2.24. The van der Waals surface area contributed by atoms with Crippen LogP contribution in [0.15, 0.2) is 30.3 Å². The van der Waals surface area contributed by atoms with E-state index in [2.05, 4.69) is 18.9 Å². The molecule has 4 heteroatoms. The summed E-state index contributed by atoms with van der Waals surface area (Å²) in [5.41, 5.74) is 7.39. The molecule has 1 saturated carbocycles. The number of amidine groups is 1. The number of pyridine rings is 1. The van der Waals surface area contributed by atoms with E-state index >= 15 is 0 Å². The van der Waals surface area contributed by atoms with Crippen LogP contribution in [0, 0.1) is 11.3 Å². The molecule has 1 aromatic heterocycles. The molecule has 104 valence electrons. The maximum atomic E-state index is 7.79. The van der Waals surface area contributed by atoms with E-state index in [0.29, 0.717) is 6.04 Å². The number of fused-ring (bicyclic) bond motifs is 1. The molecule has 1 aliphatic carbocycles. The molecule has 0 bridgehead atoms. The summed E-state index contributed by atoms with van der Waals surface area (Å²) < 4.78 is 0. The van der Waals surface area contributed by atoms with Gasteiger partial charge in [0.25, 0.3) is 0 Å². The van der Waals surface area contributed by atoms with Crippen LogP contribution in [0.5, 0.6) is 0 Å². The van der Waals surface area contributed by atoms with E-state index in [1.165, 1.54) is 12.8 Å². The van der Waals surface area contributed by atoms with Gasteiger partial charge in [0, 0.05) is 24.0 Å². The first kappa shape index (κ1) is 12.9. The molecule has 4 nitrogen and oxygen atoms in total. The molecule has 0 spiro atoms. The normalized spacial score (nSPS) is 16.1. The highest BCUT2D eigenvalue weighted by atomic mass is 15.2. The third kappa shape index (κ3) is 2.22. The summed E-state index contributed by atoms with van der Waals surface area (Å²) in [6, 6.07) is 10.3. The molecule has 3 rings (SSSR count). The highest BCUT2D eigenvalue weighted by molar-refractivity contribution is 6.07. The van der Waals surface area contributed by atoms with Gasteiger partial charge in [-0.2, -0.15) is 0 Å². The Balaban J connectivity index is 2.09. The standard InChI is InChI=1S/C16H20N4/c1-10(11-7-8-11)20(2)15-9-13(16(17)18)12-5-3-4-6-14(12)19-15/h3-6,9-11H,7-8H2,1-2H3,(H3,17,18). The molecule has 1 aromatic carbocycles. The number of nitrogen functional groups attached to an aromatic ring is 1. The fourth-order valence-electron chi connectivity index (χ4n) is 2.67. The number of hydrogen-bond acceptors (Lipinski definition) is 3. The summed E-state index contributed by atoms with van der Waals surface area (Å²) in [4.78, 5) is 6.93. The Hall–Kier alpha value is -2.10. The highest BCUT2D eigenvalue weighted by Gasteiger charge is 2.31. The second kappa shape index (κ2) is 4.78. The van der Waals surface area contributed by atoms with E-state index in [-0.39, 0.29) is 5.84 Å². The van der Waals surface area contributed by atoms with Crippen molar-refractivity contribution < 1.29 is 0 Å². The van der Waals surface area contributed by atoms with Crippen LogP contribution in [0.4, 0.5) is 5.82 Å². The van der Waals surface area contributed by atoms with Crippen molar-refractivity contribution in [2.45, 2.75) is 25.8 Å². The van der Waals surface area contributed by atoms with Crippen LogP contribution in [-0.4, -0.2) is 23.9 Å². The molecule has 0 aliphatic heterocycles. The number of nitrogens with two attached hydrogens (primary N) is 1. The van der Waals surface area contributed by atoms with Crippen LogP contribution < -0.4 is 10.6 Å². The summed E-state index contributed by atoms with van der Waals surface area (Å²) in [5.74, 6) is 1.76. The second-order valence-electron chi connectivity index (χ2n) is 5.65. The van der Waals surface area contributed by atoms with Gasteiger partial charge in [-0.25, -0.2) is 4.98 Å². The van der Waals surface area contributed by atoms with Crippen molar-refractivity contribution in [3.63, 3.8) is 0 Å². The Kier molecular flexibility index (Phi) is 3.08. The molecule has 1 heterocycles. The van der Waals surface area contributed by atoms with Gasteiger partial charge in [0.1, 0.15) is 11.7 Å². The number of nitrogens with one attached hydrogen (secondary N) is 1. The molecule has 0 amide bonds. The van der Waals surface area contributed by atoms with Crippen LogP contribution in [0.1, 0.15) is 25.3 Å². The third-order valence-electron chi connectivity index (χ3n) is 4.27. The van der Waals surface area contributed by atoms with Crippen molar-refractivity contribution >= 4 is 22.6 Å². The van der Waals surface area contributed by atoms with E-state index < -0.39 is 0 Å². The lowest BCUT2D eigenvalue weighted by Crippen LogP contribution is -2.31. The lowest BCUT2D eigenvalue weighted by atomic mass is 10.1. The van der Waals surface area contributed by atoms with Gasteiger partial charge in [-0.05, 0) is 37.8 Å². The summed E-state index contributed by atoms with van der Waals surface area (Å²) in [7, 11) is 2.07. The number of aromatic nitrogens is 1. The quantitative estimate of drug-likeness (QED) is 0.662. The molecule has 1 fully saturated rings. The van der Waals surface area contributed by atoms with Gasteiger partial charge < -0.3 is 10.6 Å². The number of rotatable bonds is 4. The number of para-hydroxylation sites is 1. The minimum Gasteiger partial charge on any atom is -0.384 e. The van der Waals surface area contributed by atoms with E-state index in [1.54, 1.807) is 0 Å². The molecule has 2 aromatic rings. The van der Waals surface area contributed by atoms with Gasteiger partial charge in [0.2, 0.25) is 0 Å². The van der Waals surface area contributed by atoms with Crippen LogP contribution in [0.25, 0.3) is 10.9 Å². The summed E-state index contributed by atoms with van der Waals surface area (Å²) >= 11 is 0. The van der Waals surface area contributed by atoms with Crippen LogP contribution in [-0.2, 0) is 0 Å². The summed E-state index contributed by atoms with van der Waals surface area (Å²) in [5, 5.41) is 8.73. The maximum absolute atomic E-state index is 7.79. The van der Waals surface area contributed by atoms with Gasteiger partial charge >= 0.3 is 0 Å². The van der Waals surface area contributed by atoms with Crippen LogP contribution in [0.2, 0.25) is 0 Å². The largest absolute Gasteiger partial charge is 0.384 e. The zero-order chi connectivity index (χ0) is 14.3. The van der Waals surface area contributed by atoms with E-state index in [4.69, 9.17) is 16.1 Å². The number of hydrogen-bond donors (Lipinski definition) is 2. The zero-order valence-electron chi connectivity index (χ0n) is 11.9. The van der Waals surface area contributed by atoms with Crippen molar-refractivity contribution in [3.05, 3.63) is 35.9 Å². The molecule has 0 radical (unpaired) electrons. The van der Waals surface area contributed by atoms with Crippen LogP contribution >= 0.6 is 0 Å². The summed E-state index contributed by atoms with van der Waals surface area (Å²) in [6.07, 6.45) is 2.61. The lowest BCUT2D eigenvalue weighted by Gasteiger charge is -2.26. The first-order valence-electron chi connectivity index (χ1n) is 7.05. The predicted octanol–water partition coefficient (Wildman–Crippen LogP) is 2.75. The van der Waals surface area contributed by atoms with Crippen molar-refractivity contribution in [1.29, 1.82) is 5.41 Å². The molecular weight excluding hydrogens is 248 g/mol. The average Bonchev–Trinajstić information content (AvgIpc) is 3.29. The van der Waals surface area contributed by atoms with Gasteiger partial charge in [0.15, 0.2) is 0 Å². The topological polar surface area (TPSA) is 66.0 Å². The first-order valence-corrected chi connectivity index (χ1v) is 7.05. The Bertz CT molecular complexity index is 661. The highest BCUT2D eigenvalue weighted by Crippen LogP contribution is 2.36. The predicted molar refractivity (Wildman–Crippen MR) is 83.3 cm³/mol. The molecule has 20 heavy (non-hydrogen) atoms. The van der Waals surface area contributed by atoms with Crippen LogP contribution in [0.3, 0.4) is 0 Å². The van der Waals surface area contributed by atoms with Crippen molar-refractivity contribution in [2.24, 2.45) is 11.7 Å². The molecule has 1 unspecified atom stereocenters. The SMILES string of the molecule is CC(C1CC1)N(C)c1cc(C(=N)N)c2ccccc2n1. The molecule has 3 N–H and O–H groups in total. The van der Waals surface area contributed by atoms with Crippen molar-refractivity contribution in [1.82, 2.24) is 4.98 Å². The number of benzene rings is 1. The van der Waals surface area contributed by atoms with Gasteiger partial charge in [-0.3, -0.25) is 5.41 Å². The van der Waals surface area contributed by atoms with E-state index in [1.807, 2.05) is 30.3 Å². The monoisotopic (exact) mass is 268 g/mol. The Morgan fingerprint density at radius 1 is 1.40 bits per heavy atom. The Labute approximate surface area is 119 Å². The van der Waals surface area contributed by atoms with Gasteiger partial charge in [0.05, 0.1) is 5.52 Å². The molecule has 1 aliphatic rings. The number of nitrogens with zero attached hydrogens (tertiary/aromatic N) is 2. The Morgan fingerprint density at radius 2 is 2.10 bits per heavy atom. The molecule has 1 atom stereocenters. The van der Waals surface area contributed by atoms with E-state index in [0.717, 1.165) is 28.2 Å². The fraction of sp³-hybridized carbons (Fsp3) is 0.375. The number of anilines is 1. The lowest BCUT2D eigenvalue weighted by molar-refractivity contribution is 0.604. The second-order valence-corrected chi connectivity index (χ2v) is 5.65. The van der Waals surface area contributed by atoms with Gasteiger partial charge in [-0.15, -0.1) is 0 Å². The van der Waals surface area contributed by atoms with Crippen molar-refractivity contribution in [3.8, 4) is 0 Å². The Morgan fingerprint density at radius 3 is 2.75 bits per heavy atom. The maximum Gasteiger partial charge on any atom is 0.129 e. The minimum atomic E-state index is 0.0947. The minimum absolute atomic E-state index is 0.0947. The first-order chi connectivity index (χ1) is 9.58. The zero-order valence-corrected chi connectivity index (χ0v) is 11.9. The fourth-order valence-corrected chi connectivity index (χ4v) is 2.67. The molecular formula is C16H20N4. The molecule has 0 saturated heterocycles. The smallest absolute Gasteiger partial charge is 0.129 e. The third-order valence-corrected chi connectivity index (χ3v) is 4.27. The van der Waals surface area contributed by atoms with Crippen molar-refractivity contribution in [2.75, 3.05) is 11.9 Å². The van der Waals surface area contributed by atoms with Gasteiger partial charge in [-0.1, -0.05) is 18.2 Å². The average molecular weight is 268 g/mol.